The number of hydrogen-bond donors (Lipinski definition) is 1. The summed E-state index contributed by atoms with van der Waals surface area (Å²) in [5.41, 5.74) is 2.29. The summed E-state index contributed by atoms with van der Waals surface area (Å²) < 4.78 is 5.75. The minimum absolute atomic E-state index is 0.0588. The fourth-order valence-electron chi connectivity index (χ4n) is 1.95. The van der Waals surface area contributed by atoms with Crippen molar-refractivity contribution in [3.8, 4) is 0 Å². The van der Waals surface area contributed by atoms with Crippen LogP contribution in [0.15, 0.2) is 46.9 Å². The van der Waals surface area contributed by atoms with Gasteiger partial charge < -0.3 is 10.1 Å². The molecule has 0 aromatic heterocycles. The number of esters is 1. The monoisotopic (exact) mass is 367 g/mol. The van der Waals surface area contributed by atoms with Crippen molar-refractivity contribution in [2.75, 3.05) is 12.4 Å². The van der Waals surface area contributed by atoms with E-state index in [1.807, 2.05) is 31.2 Å². The van der Waals surface area contributed by atoms with E-state index in [1.165, 1.54) is 7.11 Å². The molecule has 0 heterocycles. The third-order valence-corrected chi connectivity index (χ3v) is 3.99. The first-order chi connectivity index (χ1) is 10.0. The Morgan fingerprint density at radius 3 is 2.52 bits per heavy atom. The van der Waals surface area contributed by atoms with Crippen LogP contribution in [0.4, 0.5) is 5.69 Å². The summed E-state index contributed by atoms with van der Waals surface area (Å²) in [5.74, 6) is -0.383. The number of carbonyl (C=O) groups is 1. The molecule has 110 valence electrons. The van der Waals surface area contributed by atoms with Crippen LogP contribution in [0.25, 0.3) is 0 Å². The van der Waals surface area contributed by atoms with Gasteiger partial charge in [-0.15, -0.1) is 0 Å². The molecule has 21 heavy (non-hydrogen) atoms. The van der Waals surface area contributed by atoms with Crippen molar-refractivity contribution in [1.29, 1.82) is 0 Å². The summed E-state index contributed by atoms with van der Waals surface area (Å²) in [4.78, 5) is 11.6. The second-order valence-electron chi connectivity index (χ2n) is 4.60. The molecule has 1 atom stereocenters. The quantitative estimate of drug-likeness (QED) is 0.766. The van der Waals surface area contributed by atoms with Gasteiger partial charge in [-0.2, -0.15) is 0 Å². The standard InChI is InChI=1S/C16H15BrClNO2/c1-10(11-3-6-13(17)7-4-11)19-15-9-12(16(20)21-2)5-8-14(15)18/h3-10,19H,1-2H3. The number of rotatable bonds is 4. The molecule has 2 rings (SSSR count). The molecule has 5 heteroatoms. The SMILES string of the molecule is COC(=O)c1ccc(Cl)c(NC(C)c2ccc(Br)cc2)c1. The van der Waals surface area contributed by atoms with Gasteiger partial charge in [0.2, 0.25) is 0 Å². The van der Waals surface area contributed by atoms with Gasteiger partial charge in [-0.25, -0.2) is 4.79 Å². The third kappa shape index (κ3) is 3.99. The van der Waals surface area contributed by atoms with Gasteiger partial charge in [0.15, 0.2) is 0 Å². The highest BCUT2D eigenvalue weighted by Gasteiger charge is 2.11. The zero-order valence-corrected chi connectivity index (χ0v) is 14.0. The highest BCUT2D eigenvalue weighted by atomic mass is 79.9. The first kappa shape index (κ1) is 15.9. The van der Waals surface area contributed by atoms with Crippen LogP contribution in [-0.4, -0.2) is 13.1 Å². The van der Waals surface area contributed by atoms with Crippen LogP contribution in [-0.2, 0) is 4.74 Å². The summed E-state index contributed by atoms with van der Waals surface area (Å²) in [7, 11) is 1.36. The molecular formula is C16H15BrClNO2. The van der Waals surface area contributed by atoms with E-state index >= 15 is 0 Å². The van der Waals surface area contributed by atoms with E-state index in [1.54, 1.807) is 18.2 Å². The number of nitrogens with one attached hydrogen (secondary N) is 1. The van der Waals surface area contributed by atoms with Crippen LogP contribution < -0.4 is 5.32 Å². The van der Waals surface area contributed by atoms with Crippen LogP contribution >= 0.6 is 27.5 Å². The zero-order valence-electron chi connectivity index (χ0n) is 11.7. The topological polar surface area (TPSA) is 38.3 Å². The van der Waals surface area contributed by atoms with Gasteiger partial charge in [0.25, 0.3) is 0 Å². The molecule has 0 radical (unpaired) electrons. The van der Waals surface area contributed by atoms with Crippen molar-refractivity contribution in [1.82, 2.24) is 0 Å². The van der Waals surface area contributed by atoms with Crippen molar-refractivity contribution in [3.63, 3.8) is 0 Å². The summed E-state index contributed by atoms with van der Waals surface area (Å²) in [6, 6.07) is 13.1. The molecule has 0 amide bonds. The molecule has 0 fully saturated rings. The Kier molecular flexibility index (Phi) is 5.26. The first-order valence-electron chi connectivity index (χ1n) is 6.41. The highest BCUT2D eigenvalue weighted by Crippen LogP contribution is 2.28. The molecule has 0 aliphatic carbocycles. The highest BCUT2D eigenvalue weighted by molar-refractivity contribution is 9.10. The Morgan fingerprint density at radius 2 is 1.90 bits per heavy atom. The van der Waals surface area contributed by atoms with E-state index in [9.17, 15) is 4.79 Å². The predicted octanol–water partition coefficient (Wildman–Crippen LogP) is 5.06. The molecule has 0 spiro atoms. The summed E-state index contributed by atoms with van der Waals surface area (Å²) in [6.07, 6.45) is 0. The average Bonchev–Trinajstić information content (AvgIpc) is 2.49. The van der Waals surface area contributed by atoms with E-state index in [0.29, 0.717) is 16.3 Å². The number of anilines is 1. The number of halogens is 2. The maximum absolute atomic E-state index is 11.6. The van der Waals surface area contributed by atoms with E-state index in [2.05, 4.69) is 21.2 Å². The Labute approximate surface area is 137 Å². The minimum Gasteiger partial charge on any atom is -0.465 e. The Bertz CT molecular complexity index is 643. The van der Waals surface area contributed by atoms with Crippen LogP contribution in [0.3, 0.4) is 0 Å². The van der Waals surface area contributed by atoms with E-state index in [0.717, 1.165) is 10.0 Å². The summed E-state index contributed by atoms with van der Waals surface area (Å²) in [6.45, 7) is 2.03. The van der Waals surface area contributed by atoms with Crippen molar-refractivity contribution in [2.24, 2.45) is 0 Å². The molecule has 1 N–H and O–H groups in total. The minimum atomic E-state index is -0.383. The van der Waals surface area contributed by atoms with Gasteiger partial charge in [-0.3, -0.25) is 0 Å². The van der Waals surface area contributed by atoms with Gasteiger partial charge in [-0.05, 0) is 42.8 Å². The molecule has 0 aliphatic heterocycles. The van der Waals surface area contributed by atoms with E-state index in [-0.39, 0.29) is 12.0 Å². The number of benzene rings is 2. The zero-order chi connectivity index (χ0) is 15.4. The number of hydrogen-bond acceptors (Lipinski definition) is 3. The molecule has 0 aliphatic rings. The lowest BCUT2D eigenvalue weighted by Crippen LogP contribution is -2.08. The van der Waals surface area contributed by atoms with E-state index in [4.69, 9.17) is 16.3 Å². The molecule has 3 nitrogen and oxygen atoms in total. The van der Waals surface area contributed by atoms with Crippen LogP contribution in [0.2, 0.25) is 5.02 Å². The van der Waals surface area contributed by atoms with Crippen LogP contribution in [0.5, 0.6) is 0 Å². The van der Waals surface area contributed by atoms with Crippen molar-refractivity contribution in [3.05, 3.63) is 63.1 Å². The normalized spacial score (nSPS) is 11.8. The van der Waals surface area contributed by atoms with Gasteiger partial charge in [-0.1, -0.05) is 39.7 Å². The number of methoxy groups -OCH3 is 1. The Morgan fingerprint density at radius 1 is 1.24 bits per heavy atom. The van der Waals surface area contributed by atoms with Gasteiger partial charge in [0.05, 0.1) is 23.4 Å². The molecule has 2 aromatic rings. The molecule has 0 saturated heterocycles. The molecule has 0 saturated carbocycles. The first-order valence-corrected chi connectivity index (χ1v) is 7.58. The predicted molar refractivity (Wildman–Crippen MR) is 89.0 cm³/mol. The second-order valence-corrected chi connectivity index (χ2v) is 5.93. The molecule has 0 bridgehead atoms. The number of ether oxygens (including phenoxy) is 1. The fraction of sp³-hybridized carbons (Fsp3) is 0.188. The molecule has 2 aromatic carbocycles. The van der Waals surface area contributed by atoms with E-state index < -0.39 is 0 Å². The Hall–Kier alpha value is -1.52. The third-order valence-electron chi connectivity index (χ3n) is 3.13. The smallest absolute Gasteiger partial charge is 0.337 e. The van der Waals surface area contributed by atoms with Gasteiger partial charge in [0.1, 0.15) is 0 Å². The second kappa shape index (κ2) is 6.96. The van der Waals surface area contributed by atoms with Gasteiger partial charge in [0, 0.05) is 10.5 Å². The summed E-state index contributed by atoms with van der Waals surface area (Å²) >= 11 is 9.59. The summed E-state index contributed by atoms with van der Waals surface area (Å²) in [5, 5.41) is 3.87. The lowest BCUT2D eigenvalue weighted by molar-refractivity contribution is 0.0601. The van der Waals surface area contributed by atoms with Crippen molar-refractivity contribution < 1.29 is 9.53 Å². The largest absolute Gasteiger partial charge is 0.465 e. The maximum Gasteiger partial charge on any atom is 0.337 e. The average molecular weight is 369 g/mol. The Balaban J connectivity index is 2.22. The van der Waals surface area contributed by atoms with Crippen LogP contribution in [0.1, 0.15) is 28.9 Å². The van der Waals surface area contributed by atoms with Gasteiger partial charge >= 0.3 is 5.97 Å². The van der Waals surface area contributed by atoms with Crippen molar-refractivity contribution >= 4 is 39.2 Å². The molecule has 1 unspecified atom stereocenters. The fourth-order valence-corrected chi connectivity index (χ4v) is 2.39. The van der Waals surface area contributed by atoms with Crippen molar-refractivity contribution in [2.45, 2.75) is 13.0 Å². The van der Waals surface area contributed by atoms with Crippen LogP contribution in [0, 0.1) is 0 Å². The molecular weight excluding hydrogens is 354 g/mol. The number of carbonyl (C=O) groups excluding carboxylic acids is 1. The lowest BCUT2D eigenvalue weighted by Gasteiger charge is -2.17. The lowest BCUT2D eigenvalue weighted by atomic mass is 10.1. The maximum atomic E-state index is 11.6.